The number of benzene rings is 1. The highest BCUT2D eigenvalue weighted by molar-refractivity contribution is 6.12. The van der Waals surface area contributed by atoms with E-state index in [0.29, 0.717) is 30.5 Å². The number of nitrogen functional groups attached to an aromatic ring is 1. The normalized spacial score (nSPS) is 23.8. The highest BCUT2D eigenvalue weighted by Crippen LogP contribution is 2.46. The molecule has 1 aromatic heterocycles. The van der Waals surface area contributed by atoms with Crippen molar-refractivity contribution in [1.29, 1.82) is 0 Å². The molecule has 11 heteroatoms. The van der Waals surface area contributed by atoms with Gasteiger partial charge < -0.3 is 15.4 Å². The predicted molar refractivity (Wildman–Crippen MR) is 127 cm³/mol. The maximum absolute atomic E-state index is 14.5. The molecule has 3 atom stereocenters. The molecule has 9 nitrogen and oxygen atoms in total. The number of hydrogen-bond donors (Lipinski definition) is 3. The predicted octanol–water partition coefficient (Wildman–Crippen LogP) is 3.49. The Labute approximate surface area is 202 Å². The minimum atomic E-state index is -1.00. The number of carbonyl (C=O) groups is 1. The van der Waals surface area contributed by atoms with Crippen LogP contribution in [0.25, 0.3) is 0 Å². The molecule has 35 heavy (non-hydrogen) atoms. The Balaban J connectivity index is 1.32. The van der Waals surface area contributed by atoms with E-state index in [2.05, 4.69) is 21.2 Å². The Bertz CT molecular complexity index is 1170. The zero-order chi connectivity index (χ0) is 24.9. The Hall–Kier alpha value is -3.47. The van der Waals surface area contributed by atoms with Crippen LogP contribution in [0.15, 0.2) is 35.6 Å². The summed E-state index contributed by atoms with van der Waals surface area (Å²) >= 11 is 0. The molecule has 1 amide bonds. The van der Waals surface area contributed by atoms with E-state index in [9.17, 15) is 13.6 Å². The van der Waals surface area contributed by atoms with Gasteiger partial charge in [0.2, 0.25) is 0 Å². The zero-order valence-electron chi connectivity index (χ0n) is 19.9. The second-order valence-electron chi connectivity index (χ2n) is 10.3. The quantitative estimate of drug-likeness (QED) is 0.611. The fourth-order valence-corrected chi connectivity index (χ4v) is 5.19. The van der Waals surface area contributed by atoms with E-state index in [0.717, 1.165) is 24.5 Å². The first-order valence-electron chi connectivity index (χ1n) is 11.7. The molecule has 0 radical (unpaired) electrons. The van der Waals surface area contributed by atoms with Gasteiger partial charge in [0, 0.05) is 19.3 Å². The summed E-state index contributed by atoms with van der Waals surface area (Å²) in [6.07, 6.45) is 3.34. The molecular formula is C24H29F2N7O2. The highest BCUT2D eigenvalue weighted by atomic mass is 19.2. The topological polar surface area (TPSA) is 108 Å². The van der Waals surface area contributed by atoms with E-state index in [1.807, 2.05) is 26.8 Å². The van der Waals surface area contributed by atoms with Crippen molar-refractivity contribution in [1.82, 2.24) is 21.0 Å². The molecule has 1 aliphatic carbocycles. The number of carbonyl (C=O) groups excluding carboxylic acids is 1. The Morgan fingerprint density at radius 2 is 1.91 bits per heavy atom. The van der Waals surface area contributed by atoms with Crippen LogP contribution in [0.3, 0.4) is 0 Å². The van der Waals surface area contributed by atoms with Gasteiger partial charge >= 0.3 is 6.09 Å². The zero-order valence-corrected chi connectivity index (χ0v) is 19.9. The average Bonchev–Trinajstić information content (AvgIpc) is 3.50. The second kappa shape index (κ2) is 8.63. The van der Waals surface area contributed by atoms with Crippen LogP contribution in [0.4, 0.5) is 25.1 Å². The molecule has 2 aromatic rings. The number of hydrazone groups is 1. The lowest BCUT2D eigenvalue weighted by Crippen LogP contribution is -2.42. The van der Waals surface area contributed by atoms with Gasteiger partial charge in [-0.1, -0.05) is 6.07 Å². The van der Waals surface area contributed by atoms with Gasteiger partial charge in [0.15, 0.2) is 17.5 Å². The number of nitrogens with one attached hydrogen (secondary N) is 2. The number of amides is 1. The van der Waals surface area contributed by atoms with E-state index in [4.69, 9.17) is 10.5 Å². The molecule has 5 rings (SSSR count). The molecule has 3 aliphatic rings. The number of anilines is 2. The lowest BCUT2D eigenvalue weighted by atomic mass is 9.95. The van der Waals surface area contributed by atoms with Crippen LogP contribution in [0, 0.1) is 23.5 Å². The van der Waals surface area contributed by atoms with Crippen LogP contribution < -0.4 is 21.8 Å². The molecule has 2 fully saturated rings. The van der Waals surface area contributed by atoms with Crippen molar-refractivity contribution in [3.05, 3.63) is 53.2 Å². The summed E-state index contributed by atoms with van der Waals surface area (Å²) in [7, 11) is 0. The van der Waals surface area contributed by atoms with Crippen LogP contribution in [0.1, 0.15) is 50.7 Å². The molecule has 2 aliphatic heterocycles. The molecule has 1 aromatic carbocycles. The number of amidine groups is 1. The van der Waals surface area contributed by atoms with Gasteiger partial charge in [-0.25, -0.2) is 29.1 Å². The average molecular weight is 486 g/mol. The number of pyridine rings is 1. The van der Waals surface area contributed by atoms with Crippen LogP contribution in [0.2, 0.25) is 0 Å². The number of rotatable bonds is 3. The van der Waals surface area contributed by atoms with Crippen LogP contribution in [-0.2, 0) is 4.74 Å². The molecule has 186 valence electrons. The number of aromatic nitrogens is 1. The summed E-state index contributed by atoms with van der Waals surface area (Å²) in [6.45, 7) is 6.96. The lowest BCUT2D eigenvalue weighted by molar-refractivity contribution is 0.0279. The van der Waals surface area contributed by atoms with Gasteiger partial charge in [0.1, 0.15) is 17.1 Å². The van der Waals surface area contributed by atoms with E-state index in [1.165, 1.54) is 17.1 Å². The summed E-state index contributed by atoms with van der Waals surface area (Å²) in [5, 5.41) is 5.50. The van der Waals surface area contributed by atoms with Crippen LogP contribution in [0.5, 0.6) is 0 Å². The van der Waals surface area contributed by atoms with Gasteiger partial charge in [-0.2, -0.15) is 0 Å². The smallest absolute Gasteiger partial charge is 0.410 e. The van der Waals surface area contributed by atoms with E-state index in [1.54, 1.807) is 11.1 Å². The Kier molecular flexibility index (Phi) is 5.74. The van der Waals surface area contributed by atoms with Gasteiger partial charge in [-0.3, -0.25) is 0 Å². The van der Waals surface area contributed by atoms with E-state index >= 15 is 0 Å². The third-order valence-corrected chi connectivity index (χ3v) is 6.76. The Morgan fingerprint density at radius 1 is 1.20 bits per heavy atom. The first-order chi connectivity index (χ1) is 16.6. The monoisotopic (exact) mass is 485 g/mol. The molecule has 0 spiro atoms. The van der Waals surface area contributed by atoms with Crippen LogP contribution >= 0.6 is 0 Å². The minimum absolute atomic E-state index is 0.0313. The third kappa shape index (κ3) is 4.47. The number of hydrogen-bond acceptors (Lipinski definition) is 8. The Morgan fingerprint density at radius 3 is 2.60 bits per heavy atom. The lowest BCUT2D eigenvalue weighted by Gasteiger charge is -2.25. The van der Waals surface area contributed by atoms with Crippen molar-refractivity contribution in [3.8, 4) is 0 Å². The summed E-state index contributed by atoms with van der Waals surface area (Å²) < 4.78 is 33.8. The highest BCUT2D eigenvalue weighted by Gasteiger charge is 2.44. The largest absolute Gasteiger partial charge is 0.444 e. The van der Waals surface area contributed by atoms with Gasteiger partial charge in [0.25, 0.3) is 0 Å². The molecule has 1 saturated heterocycles. The molecule has 1 unspecified atom stereocenters. The maximum atomic E-state index is 14.5. The fraction of sp³-hybridized carbons (Fsp3) is 0.458. The van der Waals surface area contributed by atoms with Gasteiger partial charge in [-0.15, -0.1) is 10.6 Å². The first-order valence-corrected chi connectivity index (χ1v) is 11.7. The number of hydrazine groups is 2. The number of ether oxygens (including phenoxy) is 1. The maximum Gasteiger partial charge on any atom is 0.410 e. The molecule has 1 saturated carbocycles. The van der Waals surface area contributed by atoms with Gasteiger partial charge in [0.05, 0.1) is 5.56 Å². The first kappa shape index (κ1) is 23.3. The van der Waals surface area contributed by atoms with Crippen LogP contribution in [-0.4, -0.2) is 40.5 Å². The summed E-state index contributed by atoms with van der Waals surface area (Å²) in [6, 6.07) is 5.82. The number of likely N-dealkylation sites (tertiary alicyclic amines) is 1. The number of nitrogens with two attached hydrogens (primary N) is 1. The van der Waals surface area contributed by atoms with E-state index < -0.39 is 17.2 Å². The number of halogens is 2. The van der Waals surface area contributed by atoms with Crippen molar-refractivity contribution in [3.63, 3.8) is 0 Å². The van der Waals surface area contributed by atoms with Crippen molar-refractivity contribution < 1.29 is 18.3 Å². The van der Waals surface area contributed by atoms with Crippen molar-refractivity contribution in [2.75, 3.05) is 23.8 Å². The molecule has 0 bridgehead atoms. The summed E-state index contributed by atoms with van der Waals surface area (Å²) in [5.74, 6) is -0.424. The fourth-order valence-electron chi connectivity index (χ4n) is 5.19. The minimum Gasteiger partial charge on any atom is -0.444 e. The molecule has 4 N–H and O–H groups in total. The standard InChI is InChI=1S/C24H29F2N7O2/c1-24(2,3)35-23(34)32-11-15-7-13(8-16(15)12-32)14-9-17(21(27)28-10-14)22-29-30-31-33(22)19-6-4-5-18(25)20(19)26/h4-6,9-10,13,15-16,30-31H,7-8,11-12H2,1-3H3,(H2,27,28)/t13?,15-,16+. The number of nitrogens with zero attached hydrogens (tertiary/aromatic N) is 4. The van der Waals surface area contributed by atoms with Gasteiger partial charge in [-0.05, 0) is 75.1 Å². The third-order valence-electron chi connectivity index (χ3n) is 6.76. The van der Waals surface area contributed by atoms with Crippen molar-refractivity contribution in [2.24, 2.45) is 16.9 Å². The number of fused-ring (bicyclic) bond motifs is 1. The van der Waals surface area contributed by atoms with Crippen molar-refractivity contribution >= 4 is 23.4 Å². The second-order valence-corrected chi connectivity index (χ2v) is 10.3. The molecule has 3 heterocycles. The SMILES string of the molecule is CC(C)(C)OC(=O)N1C[C@H]2CC(c3cnc(N)c(C4=NNNN4c4cccc(F)c4F)c3)C[C@H]2C1. The van der Waals surface area contributed by atoms with E-state index in [-0.39, 0.29) is 29.4 Å². The summed E-state index contributed by atoms with van der Waals surface area (Å²) in [5.41, 5.74) is 12.4. The van der Waals surface area contributed by atoms with Crippen molar-refractivity contribution in [2.45, 2.75) is 45.1 Å². The summed E-state index contributed by atoms with van der Waals surface area (Å²) in [4.78, 5) is 18.6. The molecular weight excluding hydrogens is 456 g/mol.